The van der Waals surface area contributed by atoms with E-state index < -0.39 is 0 Å². The summed E-state index contributed by atoms with van der Waals surface area (Å²) >= 11 is 0. The van der Waals surface area contributed by atoms with E-state index in [1.165, 1.54) is 0 Å². The van der Waals surface area contributed by atoms with E-state index in [2.05, 4.69) is 16.0 Å². The fourth-order valence-corrected chi connectivity index (χ4v) is 1.78. The van der Waals surface area contributed by atoms with Crippen LogP contribution in [0.2, 0.25) is 0 Å². The van der Waals surface area contributed by atoms with E-state index in [1.54, 1.807) is 7.11 Å². The number of hydrogen-bond donors (Lipinski definition) is 0. The van der Waals surface area contributed by atoms with E-state index in [1.807, 2.05) is 26.8 Å². The SMILES string of the molecule is COc1cc2nc(C)nc(C)c2cc1C. The minimum atomic E-state index is 0.797. The van der Waals surface area contributed by atoms with Crippen molar-refractivity contribution in [3.63, 3.8) is 0 Å². The van der Waals surface area contributed by atoms with Gasteiger partial charge in [-0.25, -0.2) is 9.97 Å². The molecule has 0 N–H and O–H groups in total. The minimum absolute atomic E-state index is 0.797. The second kappa shape index (κ2) is 3.50. The maximum atomic E-state index is 5.27. The van der Waals surface area contributed by atoms with E-state index in [9.17, 15) is 0 Å². The first-order chi connectivity index (χ1) is 7.11. The largest absolute Gasteiger partial charge is 0.496 e. The molecule has 1 aromatic carbocycles. The zero-order chi connectivity index (χ0) is 11.0. The fourth-order valence-electron chi connectivity index (χ4n) is 1.78. The Morgan fingerprint density at radius 2 is 1.80 bits per heavy atom. The lowest BCUT2D eigenvalue weighted by molar-refractivity contribution is 0.412. The van der Waals surface area contributed by atoms with Crippen molar-refractivity contribution in [1.29, 1.82) is 0 Å². The molecule has 0 aliphatic carbocycles. The highest BCUT2D eigenvalue weighted by atomic mass is 16.5. The van der Waals surface area contributed by atoms with Crippen LogP contribution >= 0.6 is 0 Å². The molecule has 2 rings (SSSR count). The van der Waals surface area contributed by atoms with Gasteiger partial charge in [0.25, 0.3) is 0 Å². The number of benzene rings is 1. The van der Waals surface area contributed by atoms with Crippen LogP contribution in [0.1, 0.15) is 17.1 Å². The van der Waals surface area contributed by atoms with Gasteiger partial charge in [-0.3, -0.25) is 0 Å². The lowest BCUT2D eigenvalue weighted by Crippen LogP contribution is -1.95. The van der Waals surface area contributed by atoms with Crippen LogP contribution in [0.4, 0.5) is 0 Å². The van der Waals surface area contributed by atoms with Gasteiger partial charge in [0.15, 0.2) is 0 Å². The monoisotopic (exact) mass is 202 g/mol. The Bertz CT molecular complexity index is 521. The number of aromatic nitrogens is 2. The summed E-state index contributed by atoms with van der Waals surface area (Å²) in [6, 6.07) is 4.04. The van der Waals surface area contributed by atoms with E-state index in [0.29, 0.717) is 0 Å². The molecule has 15 heavy (non-hydrogen) atoms. The van der Waals surface area contributed by atoms with Crippen molar-refractivity contribution < 1.29 is 4.74 Å². The Balaban J connectivity index is 2.81. The molecule has 0 amide bonds. The summed E-state index contributed by atoms with van der Waals surface area (Å²) in [6.07, 6.45) is 0. The summed E-state index contributed by atoms with van der Waals surface area (Å²) in [4.78, 5) is 8.74. The molecule has 0 aliphatic rings. The average molecular weight is 202 g/mol. The van der Waals surface area contributed by atoms with Crippen molar-refractivity contribution in [3.8, 4) is 5.75 Å². The first-order valence-corrected chi connectivity index (χ1v) is 4.91. The maximum Gasteiger partial charge on any atom is 0.126 e. The van der Waals surface area contributed by atoms with Gasteiger partial charge in [-0.2, -0.15) is 0 Å². The number of fused-ring (bicyclic) bond motifs is 1. The summed E-state index contributed by atoms with van der Waals surface area (Å²) in [6.45, 7) is 5.93. The van der Waals surface area contributed by atoms with Gasteiger partial charge >= 0.3 is 0 Å². The Labute approximate surface area is 89.1 Å². The number of ether oxygens (including phenoxy) is 1. The van der Waals surface area contributed by atoms with Gasteiger partial charge in [0.05, 0.1) is 12.6 Å². The zero-order valence-corrected chi connectivity index (χ0v) is 9.46. The van der Waals surface area contributed by atoms with Crippen LogP contribution in [0.25, 0.3) is 10.9 Å². The third-order valence-corrected chi connectivity index (χ3v) is 2.51. The molecule has 1 heterocycles. The number of aryl methyl sites for hydroxylation is 3. The summed E-state index contributed by atoms with van der Waals surface area (Å²) in [5, 5.41) is 1.10. The molecule has 3 nitrogen and oxygen atoms in total. The molecule has 1 aromatic heterocycles. The fraction of sp³-hybridized carbons (Fsp3) is 0.333. The van der Waals surface area contributed by atoms with E-state index in [-0.39, 0.29) is 0 Å². The van der Waals surface area contributed by atoms with Crippen molar-refractivity contribution in [2.45, 2.75) is 20.8 Å². The molecule has 0 radical (unpaired) electrons. The Kier molecular flexibility index (Phi) is 2.31. The molecular weight excluding hydrogens is 188 g/mol. The van der Waals surface area contributed by atoms with Crippen molar-refractivity contribution >= 4 is 10.9 Å². The van der Waals surface area contributed by atoms with Crippen LogP contribution in [-0.4, -0.2) is 17.1 Å². The second-order valence-electron chi connectivity index (χ2n) is 3.70. The van der Waals surface area contributed by atoms with Gasteiger partial charge in [-0.05, 0) is 32.4 Å². The molecule has 0 saturated heterocycles. The number of hydrogen-bond acceptors (Lipinski definition) is 3. The lowest BCUT2D eigenvalue weighted by Gasteiger charge is -2.08. The van der Waals surface area contributed by atoms with Gasteiger partial charge in [0, 0.05) is 17.1 Å². The quantitative estimate of drug-likeness (QED) is 0.712. The van der Waals surface area contributed by atoms with Crippen LogP contribution < -0.4 is 4.74 Å². The molecule has 2 aromatic rings. The Hall–Kier alpha value is -1.64. The molecule has 0 saturated carbocycles. The van der Waals surface area contributed by atoms with Gasteiger partial charge in [0.2, 0.25) is 0 Å². The van der Waals surface area contributed by atoms with Gasteiger partial charge < -0.3 is 4.74 Å². The molecular formula is C12H14N2O. The van der Waals surface area contributed by atoms with Gasteiger partial charge in [-0.15, -0.1) is 0 Å². The van der Waals surface area contributed by atoms with Crippen molar-refractivity contribution in [2.75, 3.05) is 7.11 Å². The lowest BCUT2D eigenvalue weighted by atomic mass is 10.1. The Morgan fingerprint density at radius 3 is 2.47 bits per heavy atom. The molecule has 0 aliphatic heterocycles. The van der Waals surface area contributed by atoms with Gasteiger partial charge in [-0.1, -0.05) is 0 Å². The topological polar surface area (TPSA) is 35.0 Å². The molecule has 0 atom stereocenters. The normalized spacial score (nSPS) is 10.7. The van der Waals surface area contributed by atoms with Crippen LogP contribution in [0.3, 0.4) is 0 Å². The highest BCUT2D eigenvalue weighted by molar-refractivity contribution is 5.83. The van der Waals surface area contributed by atoms with Crippen molar-refractivity contribution in [1.82, 2.24) is 9.97 Å². The van der Waals surface area contributed by atoms with Crippen LogP contribution in [-0.2, 0) is 0 Å². The second-order valence-corrected chi connectivity index (χ2v) is 3.70. The number of methoxy groups -OCH3 is 1. The van der Waals surface area contributed by atoms with E-state index in [4.69, 9.17) is 4.74 Å². The predicted octanol–water partition coefficient (Wildman–Crippen LogP) is 2.56. The molecule has 0 fully saturated rings. The average Bonchev–Trinajstić information content (AvgIpc) is 2.18. The summed E-state index contributed by atoms with van der Waals surface area (Å²) in [5.41, 5.74) is 3.08. The minimum Gasteiger partial charge on any atom is -0.496 e. The first-order valence-electron chi connectivity index (χ1n) is 4.91. The standard InChI is InChI=1S/C12H14N2O/c1-7-5-10-8(2)13-9(3)14-11(10)6-12(7)15-4/h5-6H,1-4H3. The zero-order valence-electron chi connectivity index (χ0n) is 9.46. The smallest absolute Gasteiger partial charge is 0.126 e. The maximum absolute atomic E-state index is 5.27. The predicted molar refractivity (Wildman–Crippen MR) is 60.3 cm³/mol. The third-order valence-electron chi connectivity index (χ3n) is 2.51. The summed E-state index contributed by atoms with van der Waals surface area (Å²) < 4.78 is 5.27. The van der Waals surface area contributed by atoms with Crippen molar-refractivity contribution in [3.05, 3.63) is 29.2 Å². The molecule has 0 bridgehead atoms. The van der Waals surface area contributed by atoms with Crippen LogP contribution in [0.5, 0.6) is 5.75 Å². The van der Waals surface area contributed by atoms with E-state index >= 15 is 0 Å². The van der Waals surface area contributed by atoms with E-state index in [0.717, 1.165) is 33.7 Å². The molecule has 78 valence electrons. The summed E-state index contributed by atoms with van der Waals surface area (Å²) in [7, 11) is 1.68. The third kappa shape index (κ3) is 1.65. The molecule has 0 unspecified atom stereocenters. The van der Waals surface area contributed by atoms with Crippen LogP contribution in [0, 0.1) is 20.8 Å². The summed E-state index contributed by atoms with van der Waals surface area (Å²) in [5.74, 6) is 1.67. The van der Waals surface area contributed by atoms with Gasteiger partial charge in [0.1, 0.15) is 11.6 Å². The van der Waals surface area contributed by atoms with Crippen LogP contribution in [0.15, 0.2) is 12.1 Å². The highest BCUT2D eigenvalue weighted by Gasteiger charge is 2.06. The number of rotatable bonds is 1. The first kappa shape index (κ1) is 9.90. The number of nitrogens with zero attached hydrogens (tertiary/aromatic N) is 2. The van der Waals surface area contributed by atoms with Crippen molar-refractivity contribution in [2.24, 2.45) is 0 Å². The molecule has 3 heteroatoms. The molecule has 0 spiro atoms. The Morgan fingerprint density at radius 1 is 1.07 bits per heavy atom. The highest BCUT2D eigenvalue weighted by Crippen LogP contribution is 2.25.